The number of likely N-dealkylation sites (tertiary alicyclic amines) is 1. The van der Waals surface area contributed by atoms with E-state index in [2.05, 4.69) is 0 Å². The van der Waals surface area contributed by atoms with E-state index >= 15 is 0 Å². The molecule has 0 saturated carbocycles. The van der Waals surface area contributed by atoms with Gasteiger partial charge in [0, 0.05) is 17.5 Å². The first-order valence-electron chi connectivity index (χ1n) is 7.21. The number of fused-ring (bicyclic) bond motifs is 1. The van der Waals surface area contributed by atoms with E-state index in [1.165, 1.54) is 16.9 Å². The van der Waals surface area contributed by atoms with Crippen LogP contribution in [0, 0.1) is 5.92 Å². The van der Waals surface area contributed by atoms with Crippen LogP contribution in [0.2, 0.25) is 0 Å². The number of amides is 1. The van der Waals surface area contributed by atoms with Crippen LogP contribution in [0.25, 0.3) is 0 Å². The zero-order valence-corrected chi connectivity index (χ0v) is 12.4. The predicted molar refractivity (Wildman–Crippen MR) is 77.2 cm³/mol. The monoisotopic (exact) mass is 293 g/mol. The van der Waals surface area contributed by atoms with Crippen LogP contribution in [-0.4, -0.2) is 34.5 Å². The molecule has 108 valence electrons. The lowest BCUT2D eigenvalue weighted by Crippen LogP contribution is -2.45. The molecule has 2 aliphatic rings. The summed E-state index contributed by atoms with van der Waals surface area (Å²) in [6.45, 7) is 2.51. The van der Waals surface area contributed by atoms with Crippen molar-refractivity contribution in [1.82, 2.24) is 4.90 Å². The highest BCUT2D eigenvalue weighted by molar-refractivity contribution is 7.14. The number of thiophene rings is 1. The highest BCUT2D eigenvalue weighted by Gasteiger charge is 2.33. The Labute approximate surface area is 122 Å². The highest BCUT2D eigenvalue weighted by Crippen LogP contribution is 2.33. The van der Waals surface area contributed by atoms with Crippen molar-refractivity contribution in [2.75, 3.05) is 6.54 Å². The van der Waals surface area contributed by atoms with Gasteiger partial charge in [-0.25, -0.2) is 0 Å². The van der Waals surface area contributed by atoms with E-state index in [-0.39, 0.29) is 17.9 Å². The summed E-state index contributed by atoms with van der Waals surface area (Å²) in [5, 5.41) is 9.08. The van der Waals surface area contributed by atoms with Crippen molar-refractivity contribution >= 4 is 23.2 Å². The van der Waals surface area contributed by atoms with E-state index in [9.17, 15) is 9.59 Å². The normalized spacial score (nSPS) is 25.6. The molecule has 1 aliphatic carbocycles. The number of aryl methyl sites for hydroxylation is 2. The number of piperidine rings is 1. The van der Waals surface area contributed by atoms with Gasteiger partial charge in [0.1, 0.15) is 0 Å². The van der Waals surface area contributed by atoms with E-state index in [0.717, 1.165) is 17.7 Å². The standard InChI is InChI=1S/C15H19NO3S/c1-9-7-11(15(18)19)5-6-16(9)14(17)13-8-10-3-2-4-12(10)20-13/h8-9,11H,2-7H2,1H3,(H,18,19). The summed E-state index contributed by atoms with van der Waals surface area (Å²) in [6.07, 6.45) is 4.53. The maximum Gasteiger partial charge on any atom is 0.306 e. The number of carbonyl (C=O) groups is 2. The largest absolute Gasteiger partial charge is 0.481 e. The molecular weight excluding hydrogens is 274 g/mol. The molecule has 0 bridgehead atoms. The van der Waals surface area contributed by atoms with Gasteiger partial charge in [0.25, 0.3) is 5.91 Å². The summed E-state index contributed by atoms with van der Waals surface area (Å²) in [5.74, 6) is -0.956. The molecule has 5 heteroatoms. The van der Waals surface area contributed by atoms with Crippen molar-refractivity contribution in [3.05, 3.63) is 21.4 Å². The molecule has 1 N–H and O–H groups in total. The zero-order chi connectivity index (χ0) is 14.3. The van der Waals surface area contributed by atoms with Crippen LogP contribution in [0.5, 0.6) is 0 Å². The van der Waals surface area contributed by atoms with Crippen LogP contribution in [0.4, 0.5) is 0 Å². The van der Waals surface area contributed by atoms with Crippen LogP contribution >= 0.6 is 11.3 Å². The maximum atomic E-state index is 12.6. The first-order chi connectivity index (χ1) is 9.56. The van der Waals surface area contributed by atoms with Gasteiger partial charge in [-0.3, -0.25) is 9.59 Å². The molecule has 1 fully saturated rings. The predicted octanol–water partition coefficient (Wildman–Crippen LogP) is 2.56. The number of carboxylic acids is 1. The fourth-order valence-corrected chi connectivity index (χ4v) is 4.48. The second-order valence-corrected chi connectivity index (χ2v) is 6.96. The molecule has 2 unspecified atom stereocenters. The third-order valence-electron chi connectivity index (χ3n) is 4.44. The number of hydrogen-bond donors (Lipinski definition) is 1. The molecule has 1 aromatic rings. The van der Waals surface area contributed by atoms with Crippen LogP contribution in [0.15, 0.2) is 6.07 Å². The number of nitrogens with zero attached hydrogens (tertiary/aromatic N) is 1. The topological polar surface area (TPSA) is 57.6 Å². The van der Waals surface area contributed by atoms with Crippen molar-refractivity contribution in [2.24, 2.45) is 5.92 Å². The number of aliphatic carboxylic acids is 1. The lowest BCUT2D eigenvalue weighted by molar-refractivity contribution is -0.143. The van der Waals surface area contributed by atoms with Gasteiger partial charge < -0.3 is 10.0 Å². The Morgan fingerprint density at radius 2 is 2.20 bits per heavy atom. The van der Waals surface area contributed by atoms with Gasteiger partial charge in [-0.2, -0.15) is 0 Å². The molecule has 2 atom stereocenters. The average molecular weight is 293 g/mol. The quantitative estimate of drug-likeness (QED) is 0.911. The van der Waals surface area contributed by atoms with Gasteiger partial charge in [-0.1, -0.05) is 0 Å². The number of carboxylic acid groups (broad SMARTS) is 1. The Kier molecular flexibility index (Phi) is 3.54. The molecular formula is C15H19NO3S. The van der Waals surface area contributed by atoms with E-state index in [0.29, 0.717) is 19.4 Å². The number of hydrogen-bond acceptors (Lipinski definition) is 3. The van der Waals surface area contributed by atoms with Gasteiger partial charge >= 0.3 is 5.97 Å². The Hall–Kier alpha value is -1.36. The molecule has 1 aromatic heterocycles. The lowest BCUT2D eigenvalue weighted by Gasteiger charge is -2.36. The van der Waals surface area contributed by atoms with Crippen LogP contribution < -0.4 is 0 Å². The van der Waals surface area contributed by atoms with Gasteiger partial charge in [0.15, 0.2) is 0 Å². The SMILES string of the molecule is CC1CC(C(=O)O)CCN1C(=O)c1cc2c(s1)CCC2. The third kappa shape index (κ3) is 2.35. The van der Waals surface area contributed by atoms with Gasteiger partial charge in [0.2, 0.25) is 0 Å². The van der Waals surface area contributed by atoms with Crippen LogP contribution in [0.1, 0.15) is 46.3 Å². The summed E-state index contributed by atoms with van der Waals surface area (Å²) in [4.78, 5) is 27.7. The molecule has 0 spiro atoms. The third-order valence-corrected chi connectivity index (χ3v) is 5.67. The van der Waals surface area contributed by atoms with Crippen molar-refractivity contribution in [1.29, 1.82) is 0 Å². The molecule has 2 heterocycles. The molecule has 0 radical (unpaired) electrons. The van der Waals surface area contributed by atoms with E-state index in [1.54, 1.807) is 11.3 Å². The fourth-order valence-electron chi connectivity index (χ4n) is 3.27. The second-order valence-electron chi connectivity index (χ2n) is 5.82. The zero-order valence-electron chi connectivity index (χ0n) is 11.6. The molecule has 4 nitrogen and oxygen atoms in total. The van der Waals surface area contributed by atoms with E-state index in [4.69, 9.17) is 5.11 Å². The summed E-state index contributed by atoms with van der Waals surface area (Å²) >= 11 is 1.63. The number of carbonyl (C=O) groups excluding carboxylic acids is 1. The summed E-state index contributed by atoms with van der Waals surface area (Å²) in [6, 6.07) is 2.06. The van der Waals surface area contributed by atoms with Gasteiger partial charge in [-0.15, -0.1) is 11.3 Å². The minimum absolute atomic E-state index is 0.00860. The molecule has 1 amide bonds. The van der Waals surface area contributed by atoms with Crippen molar-refractivity contribution in [2.45, 2.75) is 45.1 Å². The van der Waals surface area contributed by atoms with E-state index < -0.39 is 5.97 Å². The Balaban J connectivity index is 1.72. The molecule has 3 rings (SSSR count). The van der Waals surface area contributed by atoms with Gasteiger partial charge in [-0.05, 0) is 50.7 Å². The molecule has 0 aromatic carbocycles. The van der Waals surface area contributed by atoms with Crippen molar-refractivity contribution in [3.63, 3.8) is 0 Å². The van der Waals surface area contributed by atoms with Crippen LogP contribution in [-0.2, 0) is 17.6 Å². The lowest BCUT2D eigenvalue weighted by atomic mass is 9.91. The van der Waals surface area contributed by atoms with Crippen molar-refractivity contribution in [3.8, 4) is 0 Å². The Bertz CT molecular complexity index is 530. The number of rotatable bonds is 2. The minimum atomic E-state index is -0.737. The summed E-state index contributed by atoms with van der Waals surface area (Å²) in [7, 11) is 0. The average Bonchev–Trinajstić information content (AvgIpc) is 2.98. The smallest absolute Gasteiger partial charge is 0.306 e. The molecule has 1 saturated heterocycles. The maximum absolute atomic E-state index is 12.6. The second kappa shape index (κ2) is 5.20. The Morgan fingerprint density at radius 1 is 1.40 bits per heavy atom. The fraction of sp³-hybridized carbons (Fsp3) is 0.600. The highest BCUT2D eigenvalue weighted by atomic mass is 32.1. The summed E-state index contributed by atoms with van der Waals surface area (Å²) < 4.78 is 0. The van der Waals surface area contributed by atoms with Crippen molar-refractivity contribution < 1.29 is 14.7 Å². The van der Waals surface area contributed by atoms with Gasteiger partial charge in [0.05, 0.1) is 10.8 Å². The van der Waals surface area contributed by atoms with Crippen LogP contribution in [0.3, 0.4) is 0 Å². The molecule has 20 heavy (non-hydrogen) atoms. The molecule has 1 aliphatic heterocycles. The summed E-state index contributed by atoms with van der Waals surface area (Å²) in [5.41, 5.74) is 1.34. The van der Waals surface area contributed by atoms with E-state index in [1.807, 2.05) is 17.9 Å². The first kappa shape index (κ1) is 13.6. The first-order valence-corrected chi connectivity index (χ1v) is 8.03. The Morgan fingerprint density at radius 3 is 2.85 bits per heavy atom. The minimum Gasteiger partial charge on any atom is -0.481 e.